The molecule has 0 bridgehead atoms. The van der Waals surface area contributed by atoms with Crippen molar-refractivity contribution < 1.29 is 4.74 Å². The Balaban J connectivity index is 1.56. The topological polar surface area (TPSA) is 51.4 Å². The molecule has 1 aromatic heterocycles. The number of anilines is 1. The minimum absolute atomic E-state index is 0.540. The molecule has 3 rings (SSSR count). The standard InChI is InChI=1S/C17H21N3O/c18-17-5-3-4-16(19-17)14-6-8-15(9-7-14)21-13-12-20-10-1-2-11-20/h3-9H,1-2,10-13H2,(H2,18,19). The molecule has 2 aromatic rings. The molecule has 0 amide bonds. The summed E-state index contributed by atoms with van der Waals surface area (Å²) < 4.78 is 5.80. The molecule has 1 aromatic carbocycles. The van der Waals surface area contributed by atoms with Crippen LogP contribution in [0.25, 0.3) is 11.3 Å². The van der Waals surface area contributed by atoms with Gasteiger partial charge in [0.05, 0.1) is 5.69 Å². The highest BCUT2D eigenvalue weighted by molar-refractivity contribution is 5.61. The third-order valence-corrected chi connectivity index (χ3v) is 3.80. The van der Waals surface area contributed by atoms with Gasteiger partial charge in [-0.05, 0) is 62.3 Å². The van der Waals surface area contributed by atoms with Crippen LogP contribution in [0.2, 0.25) is 0 Å². The van der Waals surface area contributed by atoms with Gasteiger partial charge in [0.15, 0.2) is 0 Å². The highest BCUT2D eigenvalue weighted by Crippen LogP contribution is 2.21. The second-order valence-electron chi connectivity index (χ2n) is 5.37. The van der Waals surface area contributed by atoms with E-state index in [2.05, 4.69) is 9.88 Å². The van der Waals surface area contributed by atoms with Crippen molar-refractivity contribution in [2.24, 2.45) is 0 Å². The van der Waals surface area contributed by atoms with Crippen LogP contribution in [0.4, 0.5) is 5.82 Å². The lowest BCUT2D eigenvalue weighted by Crippen LogP contribution is -2.25. The van der Waals surface area contributed by atoms with Gasteiger partial charge < -0.3 is 10.5 Å². The smallest absolute Gasteiger partial charge is 0.124 e. The van der Waals surface area contributed by atoms with Crippen LogP contribution in [0.5, 0.6) is 5.75 Å². The Morgan fingerprint density at radius 3 is 2.52 bits per heavy atom. The number of hydrogen-bond acceptors (Lipinski definition) is 4. The number of hydrogen-bond donors (Lipinski definition) is 1. The maximum Gasteiger partial charge on any atom is 0.124 e. The van der Waals surface area contributed by atoms with Crippen molar-refractivity contribution in [1.29, 1.82) is 0 Å². The van der Waals surface area contributed by atoms with Crippen LogP contribution in [0.3, 0.4) is 0 Å². The Morgan fingerprint density at radius 2 is 1.81 bits per heavy atom. The summed E-state index contributed by atoms with van der Waals surface area (Å²) in [7, 11) is 0. The number of aromatic nitrogens is 1. The average Bonchev–Trinajstić information content (AvgIpc) is 3.01. The summed E-state index contributed by atoms with van der Waals surface area (Å²) in [5.74, 6) is 1.44. The molecular formula is C17H21N3O. The number of nitrogen functional groups attached to an aromatic ring is 1. The summed E-state index contributed by atoms with van der Waals surface area (Å²) in [6.45, 7) is 4.18. The van der Waals surface area contributed by atoms with Crippen LogP contribution >= 0.6 is 0 Å². The summed E-state index contributed by atoms with van der Waals surface area (Å²) in [5, 5.41) is 0. The van der Waals surface area contributed by atoms with Crippen LogP contribution in [-0.4, -0.2) is 36.1 Å². The van der Waals surface area contributed by atoms with Crippen molar-refractivity contribution in [1.82, 2.24) is 9.88 Å². The van der Waals surface area contributed by atoms with E-state index in [9.17, 15) is 0 Å². The zero-order chi connectivity index (χ0) is 14.5. The molecule has 1 aliphatic rings. The molecule has 4 nitrogen and oxygen atoms in total. The summed E-state index contributed by atoms with van der Waals surface area (Å²) in [6.07, 6.45) is 2.64. The van der Waals surface area contributed by atoms with E-state index in [0.29, 0.717) is 5.82 Å². The largest absolute Gasteiger partial charge is 0.492 e. The van der Waals surface area contributed by atoms with Gasteiger partial charge in [0.1, 0.15) is 18.2 Å². The number of pyridine rings is 1. The van der Waals surface area contributed by atoms with Gasteiger partial charge >= 0.3 is 0 Å². The fraction of sp³-hybridized carbons (Fsp3) is 0.353. The number of benzene rings is 1. The van der Waals surface area contributed by atoms with E-state index in [-0.39, 0.29) is 0 Å². The average molecular weight is 283 g/mol. The van der Waals surface area contributed by atoms with Gasteiger partial charge in [-0.1, -0.05) is 6.07 Å². The molecule has 0 spiro atoms. The monoisotopic (exact) mass is 283 g/mol. The number of nitrogens with two attached hydrogens (primary N) is 1. The van der Waals surface area contributed by atoms with Crippen molar-refractivity contribution >= 4 is 5.82 Å². The van der Waals surface area contributed by atoms with Crippen LogP contribution in [-0.2, 0) is 0 Å². The van der Waals surface area contributed by atoms with E-state index in [0.717, 1.165) is 30.2 Å². The van der Waals surface area contributed by atoms with Crippen LogP contribution in [0.15, 0.2) is 42.5 Å². The molecule has 4 heteroatoms. The first-order valence-electron chi connectivity index (χ1n) is 7.49. The van der Waals surface area contributed by atoms with E-state index in [1.165, 1.54) is 25.9 Å². The lowest BCUT2D eigenvalue weighted by atomic mass is 10.1. The van der Waals surface area contributed by atoms with E-state index in [1.54, 1.807) is 6.07 Å². The van der Waals surface area contributed by atoms with E-state index in [4.69, 9.17) is 10.5 Å². The van der Waals surface area contributed by atoms with Gasteiger partial charge in [-0.3, -0.25) is 4.90 Å². The number of ether oxygens (including phenoxy) is 1. The van der Waals surface area contributed by atoms with Crippen molar-refractivity contribution in [3.8, 4) is 17.0 Å². The fourth-order valence-electron chi connectivity index (χ4n) is 2.63. The van der Waals surface area contributed by atoms with E-state index >= 15 is 0 Å². The van der Waals surface area contributed by atoms with E-state index < -0.39 is 0 Å². The van der Waals surface area contributed by atoms with Crippen LogP contribution in [0.1, 0.15) is 12.8 Å². The second-order valence-corrected chi connectivity index (χ2v) is 5.37. The molecule has 0 atom stereocenters. The zero-order valence-corrected chi connectivity index (χ0v) is 12.2. The molecule has 21 heavy (non-hydrogen) atoms. The first kappa shape index (κ1) is 13.9. The summed E-state index contributed by atoms with van der Waals surface area (Å²) in [4.78, 5) is 6.77. The SMILES string of the molecule is Nc1cccc(-c2ccc(OCCN3CCCC3)cc2)n1. The number of rotatable bonds is 5. The molecule has 110 valence electrons. The Bertz CT molecular complexity index is 577. The van der Waals surface area contributed by atoms with Crippen molar-refractivity contribution in [3.63, 3.8) is 0 Å². The number of likely N-dealkylation sites (tertiary alicyclic amines) is 1. The molecule has 0 saturated carbocycles. The molecule has 0 unspecified atom stereocenters. The van der Waals surface area contributed by atoms with Crippen LogP contribution < -0.4 is 10.5 Å². The lowest BCUT2D eigenvalue weighted by molar-refractivity contribution is 0.238. The van der Waals surface area contributed by atoms with Crippen molar-refractivity contribution in [2.45, 2.75) is 12.8 Å². The maximum atomic E-state index is 5.80. The lowest BCUT2D eigenvalue weighted by Gasteiger charge is -2.15. The second kappa shape index (κ2) is 6.59. The quantitative estimate of drug-likeness (QED) is 0.916. The highest BCUT2D eigenvalue weighted by Gasteiger charge is 2.10. The first-order chi connectivity index (χ1) is 10.3. The van der Waals surface area contributed by atoms with Gasteiger partial charge in [0.25, 0.3) is 0 Å². The molecule has 1 aliphatic heterocycles. The van der Waals surface area contributed by atoms with Gasteiger partial charge in [0.2, 0.25) is 0 Å². The summed E-state index contributed by atoms with van der Waals surface area (Å²) in [6, 6.07) is 13.7. The molecule has 2 heterocycles. The van der Waals surface area contributed by atoms with Crippen molar-refractivity contribution in [2.75, 3.05) is 32.0 Å². The summed E-state index contributed by atoms with van der Waals surface area (Å²) in [5.41, 5.74) is 7.65. The Labute approximate surface area is 125 Å². The van der Waals surface area contributed by atoms with Gasteiger partial charge in [-0.25, -0.2) is 4.98 Å². The molecule has 2 N–H and O–H groups in total. The molecule has 0 aliphatic carbocycles. The minimum atomic E-state index is 0.540. The third-order valence-electron chi connectivity index (χ3n) is 3.80. The zero-order valence-electron chi connectivity index (χ0n) is 12.2. The van der Waals surface area contributed by atoms with Crippen molar-refractivity contribution in [3.05, 3.63) is 42.5 Å². The van der Waals surface area contributed by atoms with Crippen LogP contribution in [0, 0.1) is 0 Å². The van der Waals surface area contributed by atoms with Gasteiger partial charge in [0, 0.05) is 12.1 Å². The maximum absolute atomic E-state index is 5.80. The Kier molecular flexibility index (Phi) is 4.36. The third kappa shape index (κ3) is 3.73. The minimum Gasteiger partial charge on any atom is -0.492 e. The van der Waals surface area contributed by atoms with Gasteiger partial charge in [-0.15, -0.1) is 0 Å². The normalized spacial score (nSPS) is 15.2. The molecule has 1 saturated heterocycles. The number of nitrogens with zero attached hydrogens (tertiary/aromatic N) is 2. The molecule has 1 fully saturated rings. The predicted octanol–water partition coefficient (Wildman–Crippen LogP) is 2.81. The summed E-state index contributed by atoms with van der Waals surface area (Å²) >= 11 is 0. The Hall–Kier alpha value is -2.07. The van der Waals surface area contributed by atoms with E-state index in [1.807, 2.05) is 36.4 Å². The molecular weight excluding hydrogens is 262 g/mol. The first-order valence-corrected chi connectivity index (χ1v) is 7.49. The molecule has 0 radical (unpaired) electrons. The predicted molar refractivity (Wildman–Crippen MR) is 85.3 cm³/mol. The fourth-order valence-corrected chi connectivity index (χ4v) is 2.63. The van der Waals surface area contributed by atoms with Gasteiger partial charge in [-0.2, -0.15) is 0 Å². The Morgan fingerprint density at radius 1 is 1.05 bits per heavy atom. The highest BCUT2D eigenvalue weighted by atomic mass is 16.5.